The molecule has 2 aromatic carbocycles. The van der Waals surface area contributed by atoms with Crippen molar-refractivity contribution in [3.8, 4) is 5.75 Å². The Balaban J connectivity index is 2.29. The van der Waals surface area contributed by atoms with Gasteiger partial charge in [-0.05, 0) is 34.5 Å². The molecule has 2 aromatic rings. The van der Waals surface area contributed by atoms with Crippen molar-refractivity contribution in [3.05, 3.63) is 48.0 Å². The number of phenolic OH excluding ortho intramolecular Hbond substituents is 1. The van der Waals surface area contributed by atoms with Crippen molar-refractivity contribution in [2.45, 2.75) is 6.42 Å². The van der Waals surface area contributed by atoms with Gasteiger partial charge in [-0.25, -0.2) is 0 Å². The molecule has 0 amide bonds. The van der Waals surface area contributed by atoms with Crippen molar-refractivity contribution in [2.75, 3.05) is 0 Å². The van der Waals surface area contributed by atoms with Gasteiger partial charge in [0, 0.05) is 0 Å². The van der Waals surface area contributed by atoms with Gasteiger partial charge in [-0.3, -0.25) is 4.79 Å². The Morgan fingerprint density at radius 1 is 1.12 bits per heavy atom. The first-order chi connectivity index (χ1) is 8.15. The van der Waals surface area contributed by atoms with E-state index in [1.54, 1.807) is 24.3 Å². The predicted octanol–water partition coefficient (Wildman–Crippen LogP) is 3.03. The number of hydrogen-bond acceptors (Lipinski definition) is 2. The molecule has 3 heteroatoms. The summed E-state index contributed by atoms with van der Waals surface area (Å²) >= 11 is 0. The van der Waals surface area contributed by atoms with E-state index in [2.05, 4.69) is 0 Å². The van der Waals surface area contributed by atoms with Gasteiger partial charge in [0.25, 0.3) is 0 Å². The summed E-state index contributed by atoms with van der Waals surface area (Å²) in [6.07, 6.45) is 3.41. The van der Waals surface area contributed by atoms with Gasteiger partial charge < -0.3 is 10.2 Å². The van der Waals surface area contributed by atoms with Gasteiger partial charge in [-0.15, -0.1) is 0 Å². The van der Waals surface area contributed by atoms with E-state index in [4.69, 9.17) is 5.11 Å². The maximum absolute atomic E-state index is 10.4. The molecule has 0 aromatic heterocycles. The highest BCUT2D eigenvalue weighted by Crippen LogP contribution is 2.21. The van der Waals surface area contributed by atoms with Crippen molar-refractivity contribution in [1.82, 2.24) is 0 Å². The lowest BCUT2D eigenvalue weighted by Crippen LogP contribution is -1.89. The minimum Gasteiger partial charge on any atom is -0.508 e. The predicted molar refractivity (Wildman–Crippen MR) is 66.9 cm³/mol. The Hall–Kier alpha value is -2.29. The number of fused-ring (bicyclic) bond motifs is 1. The van der Waals surface area contributed by atoms with E-state index in [9.17, 15) is 9.90 Å². The number of rotatable bonds is 3. The number of aromatic hydroxyl groups is 1. The lowest BCUT2D eigenvalue weighted by molar-refractivity contribution is -0.135. The molecule has 2 N–H and O–H groups in total. The number of carbonyl (C=O) groups is 1. The van der Waals surface area contributed by atoms with Gasteiger partial charge >= 0.3 is 5.97 Å². The minimum atomic E-state index is -0.841. The zero-order chi connectivity index (χ0) is 12.3. The number of benzene rings is 2. The monoisotopic (exact) mass is 228 g/mol. The third kappa shape index (κ3) is 2.84. The Bertz CT molecular complexity index is 585. The van der Waals surface area contributed by atoms with Crippen molar-refractivity contribution in [3.63, 3.8) is 0 Å². The normalized spacial score (nSPS) is 11.1. The van der Waals surface area contributed by atoms with Crippen LogP contribution in [-0.2, 0) is 4.79 Å². The van der Waals surface area contributed by atoms with E-state index in [1.807, 2.05) is 24.3 Å². The van der Waals surface area contributed by atoms with Crippen LogP contribution in [0.5, 0.6) is 5.75 Å². The third-order valence-electron chi connectivity index (χ3n) is 2.45. The Morgan fingerprint density at radius 3 is 2.59 bits per heavy atom. The first kappa shape index (κ1) is 11.2. The van der Waals surface area contributed by atoms with Crippen LogP contribution in [0.2, 0.25) is 0 Å². The Kier molecular flexibility index (Phi) is 3.10. The third-order valence-corrected chi connectivity index (χ3v) is 2.45. The van der Waals surface area contributed by atoms with Crippen LogP contribution in [0.1, 0.15) is 12.0 Å². The topological polar surface area (TPSA) is 57.5 Å². The molecule has 0 saturated carbocycles. The van der Waals surface area contributed by atoms with Crippen LogP contribution in [0.15, 0.2) is 42.5 Å². The van der Waals surface area contributed by atoms with Crippen LogP contribution in [0.4, 0.5) is 0 Å². The fraction of sp³-hybridized carbons (Fsp3) is 0.0714. The number of carboxylic acids is 1. The van der Waals surface area contributed by atoms with E-state index in [-0.39, 0.29) is 12.2 Å². The quantitative estimate of drug-likeness (QED) is 0.848. The lowest BCUT2D eigenvalue weighted by atomic mass is 10.1. The van der Waals surface area contributed by atoms with Gasteiger partial charge in [0.2, 0.25) is 0 Å². The van der Waals surface area contributed by atoms with E-state index < -0.39 is 5.97 Å². The SMILES string of the molecule is O=C(O)CC=Cc1ccc2cc(O)ccc2c1. The molecule has 2 rings (SSSR count). The number of carboxylic acid groups (broad SMARTS) is 1. The standard InChI is InChI=1S/C14H12O3/c15-13-7-6-11-8-10(2-1-3-14(16)17)4-5-12(11)9-13/h1-2,4-9,15H,3H2,(H,16,17). The molecule has 0 saturated heterocycles. The molecule has 0 aliphatic carbocycles. The molecule has 0 spiro atoms. The molecule has 0 heterocycles. The maximum Gasteiger partial charge on any atom is 0.307 e. The second kappa shape index (κ2) is 4.70. The summed E-state index contributed by atoms with van der Waals surface area (Å²) in [5, 5.41) is 19.8. The second-order valence-corrected chi connectivity index (χ2v) is 3.79. The molecule has 0 atom stereocenters. The van der Waals surface area contributed by atoms with Crippen LogP contribution in [0, 0.1) is 0 Å². The van der Waals surface area contributed by atoms with Crippen LogP contribution in [0.25, 0.3) is 16.8 Å². The van der Waals surface area contributed by atoms with Crippen LogP contribution in [-0.4, -0.2) is 16.2 Å². The summed E-state index contributed by atoms with van der Waals surface area (Å²) in [6, 6.07) is 10.9. The smallest absolute Gasteiger partial charge is 0.307 e. The molecule has 0 bridgehead atoms. The van der Waals surface area contributed by atoms with Crippen LogP contribution < -0.4 is 0 Å². The van der Waals surface area contributed by atoms with Gasteiger partial charge in [-0.1, -0.05) is 30.4 Å². The average molecular weight is 228 g/mol. The van der Waals surface area contributed by atoms with Gasteiger partial charge in [0.05, 0.1) is 6.42 Å². The zero-order valence-electron chi connectivity index (χ0n) is 9.13. The number of hydrogen-bond donors (Lipinski definition) is 2. The summed E-state index contributed by atoms with van der Waals surface area (Å²) in [5.41, 5.74) is 0.949. The van der Waals surface area contributed by atoms with E-state index >= 15 is 0 Å². The van der Waals surface area contributed by atoms with Gasteiger partial charge in [0.1, 0.15) is 5.75 Å². The molecule has 0 aliphatic rings. The first-order valence-electron chi connectivity index (χ1n) is 5.26. The number of phenols is 1. The molecule has 0 unspecified atom stereocenters. The highest BCUT2D eigenvalue weighted by Gasteiger charge is 1.96. The molecule has 17 heavy (non-hydrogen) atoms. The second-order valence-electron chi connectivity index (χ2n) is 3.79. The molecule has 3 nitrogen and oxygen atoms in total. The summed E-state index contributed by atoms with van der Waals surface area (Å²) in [5.74, 6) is -0.598. The highest BCUT2D eigenvalue weighted by atomic mass is 16.4. The molecular formula is C14H12O3. The Labute approximate surface area is 98.6 Å². The maximum atomic E-state index is 10.4. The Morgan fingerprint density at radius 2 is 1.82 bits per heavy atom. The molecule has 0 radical (unpaired) electrons. The van der Waals surface area contributed by atoms with Crippen molar-refractivity contribution >= 4 is 22.8 Å². The molecule has 0 aliphatic heterocycles. The molecule has 0 fully saturated rings. The van der Waals surface area contributed by atoms with E-state index in [0.717, 1.165) is 16.3 Å². The van der Waals surface area contributed by atoms with Gasteiger partial charge in [0.15, 0.2) is 0 Å². The van der Waals surface area contributed by atoms with Crippen molar-refractivity contribution < 1.29 is 15.0 Å². The highest BCUT2D eigenvalue weighted by molar-refractivity contribution is 5.86. The first-order valence-corrected chi connectivity index (χ1v) is 5.26. The van der Waals surface area contributed by atoms with Crippen LogP contribution >= 0.6 is 0 Å². The summed E-state index contributed by atoms with van der Waals surface area (Å²) in [7, 11) is 0. The van der Waals surface area contributed by atoms with Crippen molar-refractivity contribution in [1.29, 1.82) is 0 Å². The molecule has 86 valence electrons. The number of aliphatic carboxylic acids is 1. The average Bonchev–Trinajstić information content (AvgIpc) is 2.29. The fourth-order valence-electron chi connectivity index (χ4n) is 1.65. The minimum absolute atomic E-state index is 0.0214. The van der Waals surface area contributed by atoms with Gasteiger partial charge in [-0.2, -0.15) is 0 Å². The fourth-order valence-corrected chi connectivity index (χ4v) is 1.65. The van der Waals surface area contributed by atoms with E-state index in [1.165, 1.54) is 0 Å². The van der Waals surface area contributed by atoms with Crippen LogP contribution in [0.3, 0.4) is 0 Å². The zero-order valence-corrected chi connectivity index (χ0v) is 9.13. The molecular weight excluding hydrogens is 216 g/mol. The largest absolute Gasteiger partial charge is 0.508 e. The summed E-state index contributed by atoms with van der Waals surface area (Å²) in [4.78, 5) is 10.4. The summed E-state index contributed by atoms with van der Waals surface area (Å²) in [6.45, 7) is 0. The van der Waals surface area contributed by atoms with E-state index in [0.29, 0.717) is 0 Å². The lowest BCUT2D eigenvalue weighted by Gasteiger charge is -2.00. The summed E-state index contributed by atoms with van der Waals surface area (Å²) < 4.78 is 0. The van der Waals surface area contributed by atoms with Crippen molar-refractivity contribution in [2.24, 2.45) is 0 Å².